The molecule has 1 aliphatic heterocycles. The van der Waals surface area contributed by atoms with Gasteiger partial charge in [-0.15, -0.1) is 0 Å². The number of aromatic nitrogens is 2. The lowest BCUT2D eigenvalue weighted by atomic mass is 9.82. The summed E-state index contributed by atoms with van der Waals surface area (Å²) in [6, 6.07) is 0. The van der Waals surface area contributed by atoms with Gasteiger partial charge in [0, 0.05) is 17.9 Å². The van der Waals surface area contributed by atoms with Gasteiger partial charge >= 0.3 is 7.12 Å². The minimum absolute atomic E-state index is 0.359. The summed E-state index contributed by atoms with van der Waals surface area (Å²) in [5, 5.41) is 4.29. The van der Waals surface area contributed by atoms with E-state index in [0.29, 0.717) is 0 Å². The van der Waals surface area contributed by atoms with Crippen LogP contribution in [0.25, 0.3) is 0 Å². The zero-order valence-electron chi connectivity index (χ0n) is 11.8. The van der Waals surface area contributed by atoms with Crippen molar-refractivity contribution in [2.75, 3.05) is 0 Å². The van der Waals surface area contributed by atoms with Crippen LogP contribution in [0.5, 0.6) is 0 Å². The smallest absolute Gasteiger partial charge is 0.399 e. The number of rotatable bonds is 3. The predicted molar refractivity (Wildman–Crippen MR) is 71.2 cm³/mol. The highest BCUT2D eigenvalue weighted by Crippen LogP contribution is 2.41. The average molecular weight is 262 g/mol. The van der Waals surface area contributed by atoms with Crippen LogP contribution < -0.4 is 5.46 Å². The molecule has 1 aliphatic carbocycles. The molecule has 0 unspecified atom stereocenters. The van der Waals surface area contributed by atoms with Crippen molar-refractivity contribution in [2.45, 2.75) is 57.3 Å². The Kier molecular flexibility index (Phi) is 2.51. The van der Waals surface area contributed by atoms with Crippen molar-refractivity contribution in [3.8, 4) is 0 Å². The van der Waals surface area contributed by atoms with Crippen molar-refractivity contribution >= 4 is 18.9 Å². The first kappa shape index (κ1) is 12.9. The summed E-state index contributed by atoms with van der Waals surface area (Å²) in [6.45, 7) is 8.08. The van der Waals surface area contributed by atoms with Crippen LogP contribution in [-0.4, -0.2) is 34.4 Å². The Morgan fingerprint density at radius 3 is 2.32 bits per heavy atom. The quantitative estimate of drug-likeness (QED) is 0.599. The molecule has 0 spiro atoms. The van der Waals surface area contributed by atoms with Gasteiger partial charge < -0.3 is 14.1 Å². The molecule has 0 bridgehead atoms. The third-order valence-corrected chi connectivity index (χ3v) is 4.57. The Bertz CT molecular complexity index is 504. The molecule has 6 heteroatoms. The van der Waals surface area contributed by atoms with Crippen molar-refractivity contribution in [2.24, 2.45) is 0 Å². The molecule has 2 aliphatic rings. The third-order valence-electron chi connectivity index (χ3n) is 4.57. The van der Waals surface area contributed by atoms with Crippen molar-refractivity contribution in [3.05, 3.63) is 12.4 Å². The Hall–Kier alpha value is -1.14. The van der Waals surface area contributed by atoms with Crippen molar-refractivity contribution in [1.29, 1.82) is 0 Å². The van der Waals surface area contributed by atoms with Gasteiger partial charge in [0.15, 0.2) is 0 Å². The van der Waals surface area contributed by atoms with E-state index in [2.05, 4.69) is 5.10 Å². The molecule has 0 N–H and O–H groups in total. The van der Waals surface area contributed by atoms with Crippen LogP contribution >= 0.6 is 0 Å². The molecular weight excluding hydrogens is 243 g/mol. The standard InChI is InChI=1S/C13H19BN2O3/c1-11(2)12(3,4)19-14(18-11)10-7-15-16(8-10)13(9-17)5-6-13/h7-9H,5-6H2,1-4H3. The second-order valence-corrected chi connectivity index (χ2v) is 6.53. The van der Waals surface area contributed by atoms with Gasteiger partial charge in [0.2, 0.25) is 0 Å². The summed E-state index contributed by atoms with van der Waals surface area (Å²) < 4.78 is 13.7. The van der Waals surface area contributed by atoms with E-state index in [4.69, 9.17) is 9.31 Å². The predicted octanol–water partition coefficient (Wildman–Crippen LogP) is 0.870. The van der Waals surface area contributed by atoms with Gasteiger partial charge in [0.05, 0.1) is 11.2 Å². The van der Waals surface area contributed by atoms with Crippen molar-refractivity contribution < 1.29 is 14.1 Å². The first-order chi connectivity index (χ1) is 8.80. The number of carbonyl (C=O) groups excluding carboxylic acids is 1. The number of nitrogens with zero attached hydrogens (tertiary/aromatic N) is 2. The third kappa shape index (κ3) is 1.85. The fourth-order valence-electron chi connectivity index (χ4n) is 2.21. The van der Waals surface area contributed by atoms with E-state index in [1.54, 1.807) is 10.9 Å². The summed E-state index contributed by atoms with van der Waals surface area (Å²) >= 11 is 0. The Morgan fingerprint density at radius 2 is 1.84 bits per heavy atom. The first-order valence-electron chi connectivity index (χ1n) is 6.67. The minimum Gasteiger partial charge on any atom is -0.399 e. The Labute approximate surface area is 113 Å². The zero-order chi connectivity index (χ0) is 13.9. The van der Waals surface area contributed by atoms with Gasteiger partial charge in [-0.1, -0.05) is 0 Å². The van der Waals surface area contributed by atoms with Gasteiger partial charge in [-0.25, -0.2) is 0 Å². The average Bonchev–Trinajstić information content (AvgIpc) is 2.89. The second kappa shape index (κ2) is 3.70. The van der Waals surface area contributed by atoms with Crippen LogP contribution in [-0.2, 0) is 19.6 Å². The number of aldehydes is 1. The Balaban J connectivity index is 1.84. The maximum atomic E-state index is 11.1. The van der Waals surface area contributed by atoms with Crippen molar-refractivity contribution in [3.63, 3.8) is 0 Å². The van der Waals surface area contributed by atoms with Crippen LogP contribution in [0, 0.1) is 0 Å². The highest BCUT2D eigenvalue weighted by molar-refractivity contribution is 6.62. The van der Waals surface area contributed by atoms with E-state index in [0.717, 1.165) is 24.6 Å². The van der Waals surface area contributed by atoms with Crippen molar-refractivity contribution in [1.82, 2.24) is 9.78 Å². The van der Waals surface area contributed by atoms with E-state index in [9.17, 15) is 4.79 Å². The van der Waals surface area contributed by atoms with Gasteiger partial charge in [-0.05, 0) is 40.5 Å². The van der Waals surface area contributed by atoms with E-state index in [-0.39, 0.29) is 11.2 Å². The monoisotopic (exact) mass is 262 g/mol. The molecule has 0 aromatic carbocycles. The lowest BCUT2D eigenvalue weighted by Crippen LogP contribution is -2.41. The van der Waals surface area contributed by atoms with E-state index in [1.807, 2.05) is 33.9 Å². The SMILES string of the molecule is CC1(C)OB(c2cnn(C3(C=O)CC3)c2)OC1(C)C. The van der Waals surface area contributed by atoms with Gasteiger partial charge in [0.1, 0.15) is 11.8 Å². The van der Waals surface area contributed by atoms with Gasteiger partial charge in [0.25, 0.3) is 0 Å². The highest BCUT2D eigenvalue weighted by atomic mass is 16.7. The molecule has 1 saturated heterocycles. The van der Waals surface area contributed by atoms with Gasteiger partial charge in [-0.3, -0.25) is 4.68 Å². The maximum Gasteiger partial charge on any atom is 0.498 e. The number of carbonyl (C=O) groups is 1. The summed E-state index contributed by atoms with van der Waals surface area (Å²) in [4.78, 5) is 11.1. The largest absolute Gasteiger partial charge is 0.498 e. The number of hydrogen-bond acceptors (Lipinski definition) is 4. The summed E-state index contributed by atoms with van der Waals surface area (Å²) in [5.74, 6) is 0. The molecule has 0 amide bonds. The summed E-state index contributed by atoms with van der Waals surface area (Å²) in [6.07, 6.45) is 6.30. The molecule has 1 saturated carbocycles. The van der Waals surface area contributed by atoms with Crippen LogP contribution in [0.15, 0.2) is 12.4 Å². The molecule has 1 aromatic heterocycles. The fourth-order valence-corrected chi connectivity index (χ4v) is 2.21. The van der Waals surface area contributed by atoms with E-state index in [1.165, 1.54) is 0 Å². The van der Waals surface area contributed by atoms with Gasteiger partial charge in [-0.2, -0.15) is 5.10 Å². The normalized spacial score (nSPS) is 26.4. The minimum atomic E-state index is -0.416. The van der Waals surface area contributed by atoms with Crippen LogP contribution in [0.4, 0.5) is 0 Å². The second-order valence-electron chi connectivity index (χ2n) is 6.53. The molecule has 2 fully saturated rings. The maximum absolute atomic E-state index is 11.1. The molecule has 5 nitrogen and oxygen atoms in total. The molecule has 0 radical (unpaired) electrons. The molecule has 0 atom stereocenters. The topological polar surface area (TPSA) is 53.4 Å². The van der Waals surface area contributed by atoms with Crippen LogP contribution in [0.3, 0.4) is 0 Å². The highest BCUT2D eigenvalue weighted by Gasteiger charge is 2.53. The molecule has 2 heterocycles. The molecule has 3 rings (SSSR count). The van der Waals surface area contributed by atoms with Crippen LogP contribution in [0.1, 0.15) is 40.5 Å². The summed E-state index contributed by atoms with van der Waals surface area (Å²) in [7, 11) is -0.416. The number of hydrogen-bond donors (Lipinski definition) is 0. The molecule has 19 heavy (non-hydrogen) atoms. The summed E-state index contributed by atoms with van der Waals surface area (Å²) in [5.41, 5.74) is -0.266. The Morgan fingerprint density at radius 1 is 1.26 bits per heavy atom. The van der Waals surface area contributed by atoms with E-state index >= 15 is 0 Å². The zero-order valence-corrected chi connectivity index (χ0v) is 11.8. The first-order valence-corrected chi connectivity index (χ1v) is 6.67. The van der Waals surface area contributed by atoms with Crippen LogP contribution in [0.2, 0.25) is 0 Å². The molecular formula is C13H19BN2O3. The molecule has 1 aromatic rings. The van der Waals surface area contributed by atoms with E-state index < -0.39 is 12.7 Å². The molecule has 102 valence electrons. The fraction of sp³-hybridized carbons (Fsp3) is 0.692. The lowest BCUT2D eigenvalue weighted by Gasteiger charge is -2.32. The lowest BCUT2D eigenvalue weighted by molar-refractivity contribution is -0.111.